The number of anilines is 1. The summed E-state index contributed by atoms with van der Waals surface area (Å²) in [6.07, 6.45) is 0.993. The van der Waals surface area contributed by atoms with E-state index in [2.05, 4.69) is 0 Å². The van der Waals surface area contributed by atoms with Gasteiger partial charge in [-0.3, -0.25) is 9.59 Å². The van der Waals surface area contributed by atoms with Gasteiger partial charge in [0, 0.05) is 13.6 Å². The van der Waals surface area contributed by atoms with E-state index in [9.17, 15) is 14.0 Å². The first-order chi connectivity index (χ1) is 9.97. The van der Waals surface area contributed by atoms with Crippen LogP contribution in [0.2, 0.25) is 0 Å². The van der Waals surface area contributed by atoms with Gasteiger partial charge in [0.05, 0.1) is 11.7 Å². The van der Waals surface area contributed by atoms with Crippen LogP contribution in [0.4, 0.5) is 10.1 Å². The number of nitrogens with zero attached hydrogens (tertiary/aromatic N) is 2. The maximum absolute atomic E-state index is 13.8. The third kappa shape index (κ3) is 3.39. The molecule has 122 valence electrons. The van der Waals surface area contributed by atoms with Crippen molar-refractivity contribution in [3.63, 3.8) is 0 Å². The molecule has 2 amide bonds. The highest BCUT2D eigenvalue weighted by Crippen LogP contribution is 2.26. The van der Waals surface area contributed by atoms with Crippen molar-refractivity contribution in [1.29, 1.82) is 0 Å². The number of amides is 2. The van der Waals surface area contributed by atoms with Gasteiger partial charge in [0.25, 0.3) is 0 Å². The number of halogens is 2. The number of hydrogen-bond acceptors (Lipinski definition) is 3. The fraction of sp³-hybridized carbons (Fsp3) is 0.467. The minimum absolute atomic E-state index is 0. The van der Waals surface area contributed by atoms with Gasteiger partial charge in [0.15, 0.2) is 0 Å². The highest BCUT2D eigenvalue weighted by atomic mass is 35.5. The molecule has 2 rings (SSSR count). The molecule has 1 aliphatic rings. The predicted octanol–water partition coefficient (Wildman–Crippen LogP) is 1.55. The number of carbonyl (C=O) groups excluding carboxylic acids is 2. The Kier molecular flexibility index (Phi) is 6.32. The van der Waals surface area contributed by atoms with Crippen molar-refractivity contribution in [2.24, 2.45) is 5.73 Å². The number of benzene rings is 1. The molecule has 1 fully saturated rings. The molecule has 7 heteroatoms. The molecule has 1 aliphatic heterocycles. The summed E-state index contributed by atoms with van der Waals surface area (Å²) in [7, 11) is 1.57. The monoisotopic (exact) mass is 329 g/mol. The van der Waals surface area contributed by atoms with Crippen LogP contribution in [0.1, 0.15) is 19.8 Å². The van der Waals surface area contributed by atoms with Crippen molar-refractivity contribution in [3.8, 4) is 0 Å². The molecule has 0 bridgehead atoms. The molecule has 5 nitrogen and oxygen atoms in total. The first-order valence-corrected chi connectivity index (χ1v) is 7.05. The maximum atomic E-state index is 13.8. The molecule has 1 aromatic carbocycles. The summed E-state index contributed by atoms with van der Waals surface area (Å²) in [5.41, 5.74) is 5.98. The number of carbonyl (C=O) groups is 2. The van der Waals surface area contributed by atoms with Crippen LogP contribution in [0.15, 0.2) is 24.3 Å². The SMILES string of the molecule is CCC(N)C(=O)N(C)C1CCN(c2ccccc2F)C1=O.Cl. The summed E-state index contributed by atoms with van der Waals surface area (Å²) >= 11 is 0. The van der Waals surface area contributed by atoms with Crippen LogP contribution in [-0.4, -0.2) is 42.4 Å². The average molecular weight is 330 g/mol. The van der Waals surface area contributed by atoms with Gasteiger partial charge in [-0.1, -0.05) is 19.1 Å². The minimum Gasteiger partial charge on any atom is -0.332 e. The average Bonchev–Trinajstić information content (AvgIpc) is 2.87. The Morgan fingerprint density at radius 3 is 2.73 bits per heavy atom. The van der Waals surface area contributed by atoms with Gasteiger partial charge in [-0.05, 0) is 25.0 Å². The van der Waals surface area contributed by atoms with Crippen molar-refractivity contribution in [1.82, 2.24) is 4.90 Å². The second-order valence-electron chi connectivity index (χ2n) is 5.21. The molecule has 0 aromatic heterocycles. The lowest BCUT2D eigenvalue weighted by Crippen LogP contribution is -2.49. The first-order valence-electron chi connectivity index (χ1n) is 7.05. The summed E-state index contributed by atoms with van der Waals surface area (Å²) in [6, 6.07) is 4.96. The van der Waals surface area contributed by atoms with Crippen LogP contribution < -0.4 is 10.6 Å². The number of nitrogens with two attached hydrogens (primary N) is 1. The number of rotatable bonds is 4. The largest absolute Gasteiger partial charge is 0.332 e. The van der Waals surface area contributed by atoms with E-state index in [-0.39, 0.29) is 29.9 Å². The number of hydrogen-bond donors (Lipinski definition) is 1. The van der Waals surface area contributed by atoms with Gasteiger partial charge in [-0.2, -0.15) is 0 Å². The summed E-state index contributed by atoms with van der Waals surface area (Å²) in [5.74, 6) is -0.962. The molecule has 1 heterocycles. The molecule has 2 N–H and O–H groups in total. The maximum Gasteiger partial charge on any atom is 0.249 e. The molecule has 0 saturated carbocycles. The van der Waals surface area contributed by atoms with Crippen molar-refractivity contribution in [2.75, 3.05) is 18.5 Å². The van der Waals surface area contributed by atoms with Crippen LogP contribution in [0.25, 0.3) is 0 Å². The van der Waals surface area contributed by atoms with Crippen LogP contribution in [0, 0.1) is 5.82 Å². The molecule has 1 aromatic rings. The van der Waals surface area contributed by atoms with Gasteiger partial charge in [0.2, 0.25) is 11.8 Å². The Labute approximate surface area is 135 Å². The Morgan fingerprint density at radius 1 is 1.50 bits per heavy atom. The molecular weight excluding hydrogens is 309 g/mol. The quantitative estimate of drug-likeness (QED) is 0.911. The van der Waals surface area contributed by atoms with Crippen molar-refractivity contribution in [2.45, 2.75) is 31.8 Å². The molecule has 0 radical (unpaired) electrons. The Balaban J connectivity index is 0.00000242. The van der Waals surface area contributed by atoms with E-state index in [1.807, 2.05) is 6.92 Å². The van der Waals surface area contributed by atoms with Gasteiger partial charge in [-0.25, -0.2) is 4.39 Å². The number of likely N-dealkylation sites (N-methyl/N-ethyl adjacent to an activating group) is 1. The summed E-state index contributed by atoms with van der Waals surface area (Å²) in [5, 5.41) is 0. The van der Waals surface area contributed by atoms with Crippen molar-refractivity contribution >= 4 is 29.9 Å². The zero-order valence-corrected chi connectivity index (χ0v) is 13.5. The standard InChI is InChI=1S/C15H20FN3O2.ClH/c1-3-11(17)14(20)18(2)13-8-9-19(15(13)21)12-7-5-4-6-10(12)16;/h4-7,11,13H,3,8-9,17H2,1-2H3;1H. The molecular formula is C15H21ClFN3O2. The van der Waals surface area contributed by atoms with Crippen LogP contribution in [0.3, 0.4) is 0 Å². The Hall–Kier alpha value is -1.66. The van der Waals surface area contributed by atoms with E-state index in [1.165, 1.54) is 15.9 Å². The van der Waals surface area contributed by atoms with E-state index >= 15 is 0 Å². The lowest BCUT2D eigenvalue weighted by molar-refractivity contribution is -0.137. The second kappa shape index (κ2) is 7.56. The molecule has 22 heavy (non-hydrogen) atoms. The van der Waals surface area contributed by atoms with Gasteiger partial charge in [-0.15, -0.1) is 12.4 Å². The van der Waals surface area contributed by atoms with E-state index < -0.39 is 17.9 Å². The second-order valence-corrected chi connectivity index (χ2v) is 5.21. The molecule has 2 atom stereocenters. The van der Waals surface area contributed by atoms with Gasteiger partial charge < -0.3 is 15.5 Å². The van der Waals surface area contributed by atoms with E-state index in [1.54, 1.807) is 25.2 Å². The predicted molar refractivity (Wildman–Crippen MR) is 85.4 cm³/mol. The highest BCUT2D eigenvalue weighted by molar-refractivity contribution is 6.01. The molecule has 1 saturated heterocycles. The Morgan fingerprint density at radius 2 is 2.14 bits per heavy atom. The molecule has 2 unspecified atom stereocenters. The van der Waals surface area contributed by atoms with Gasteiger partial charge in [0.1, 0.15) is 11.9 Å². The highest BCUT2D eigenvalue weighted by Gasteiger charge is 2.38. The van der Waals surface area contributed by atoms with E-state index in [0.29, 0.717) is 19.4 Å². The van der Waals surface area contributed by atoms with E-state index in [4.69, 9.17) is 5.73 Å². The lowest BCUT2D eigenvalue weighted by atomic mass is 10.1. The number of para-hydroxylation sites is 1. The third-order valence-electron chi connectivity index (χ3n) is 3.89. The summed E-state index contributed by atoms with van der Waals surface area (Å²) in [4.78, 5) is 27.3. The fourth-order valence-electron chi connectivity index (χ4n) is 2.52. The zero-order valence-electron chi connectivity index (χ0n) is 12.7. The third-order valence-corrected chi connectivity index (χ3v) is 3.89. The van der Waals surface area contributed by atoms with Crippen molar-refractivity contribution < 1.29 is 14.0 Å². The summed E-state index contributed by atoms with van der Waals surface area (Å²) < 4.78 is 13.8. The normalized spacial score (nSPS) is 18.8. The minimum atomic E-state index is -0.606. The zero-order chi connectivity index (χ0) is 15.6. The Bertz CT molecular complexity index is 555. The van der Waals surface area contributed by atoms with Crippen LogP contribution >= 0.6 is 12.4 Å². The topological polar surface area (TPSA) is 66.6 Å². The van der Waals surface area contributed by atoms with Crippen LogP contribution in [0.5, 0.6) is 0 Å². The molecule has 0 spiro atoms. The first kappa shape index (κ1) is 18.4. The smallest absolute Gasteiger partial charge is 0.249 e. The van der Waals surface area contributed by atoms with Crippen LogP contribution in [-0.2, 0) is 9.59 Å². The molecule has 0 aliphatic carbocycles. The fourth-order valence-corrected chi connectivity index (χ4v) is 2.52. The van der Waals surface area contributed by atoms with Crippen molar-refractivity contribution in [3.05, 3.63) is 30.1 Å². The van der Waals surface area contributed by atoms with E-state index in [0.717, 1.165) is 0 Å². The van der Waals surface area contributed by atoms with Gasteiger partial charge >= 0.3 is 0 Å². The summed E-state index contributed by atoms with van der Waals surface area (Å²) in [6.45, 7) is 2.21. The lowest BCUT2D eigenvalue weighted by Gasteiger charge is -2.26.